The predicted octanol–water partition coefficient (Wildman–Crippen LogP) is 2.75. The first-order valence-corrected chi connectivity index (χ1v) is 11.4. The van der Waals surface area contributed by atoms with Crippen molar-refractivity contribution in [2.75, 3.05) is 31.1 Å². The van der Waals surface area contributed by atoms with Crippen molar-refractivity contribution in [1.29, 1.82) is 0 Å². The highest BCUT2D eigenvalue weighted by atomic mass is 16.2. The number of anilines is 1. The molecule has 0 unspecified atom stereocenters. The predicted molar refractivity (Wildman–Crippen MR) is 131 cm³/mol. The molecule has 8 heteroatoms. The van der Waals surface area contributed by atoms with Gasteiger partial charge in [-0.25, -0.2) is 9.36 Å². The summed E-state index contributed by atoms with van der Waals surface area (Å²) >= 11 is 0. The van der Waals surface area contributed by atoms with Crippen LogP contribution in [0, 0.1) is 6.92 Å². The Morgan fingerprint density at radius 2 is 1.53 bits per heavy atom. The molecule has 2 aromatic carbocycles. The van der Waals surface area contributed by atoms with Crippen molar-refractivity contribution in [3.05, 3.63) is 94.9 Å². The van der Waals surface area contributed by atoms with Crippen LogP contribution < -0.4 is 10.5 Å². The van der Waals surface area contributed by atoms with Gasteiger partial charge in [-0.15, -0.1) is 5.10 Å². The maximum Gasteiger partial charge on any atom is 0.267 e. The first-order valence-electron chi connectivity index (χ1n) is 11.4. The zero-order valence-corrected chi connectivity index (χ0v) is 19.0. The van der Waals surface area contributed by atoms with Gasteiger partial charge in [0.25, 0.3) is 5.56 Å². The van der Waals surface area contributed by atoms with Crippen LogP contribution in [-0.4, -0.2) is 56.5 Å². The molecule has 8 nitrogen and oxygen atoms in total. The number of carbonyl (C=O) groups is 1. The number of carbonyl (C=O) groups excluding carboxylic acids is 1. The van der Waals surface area contributed by atoms with E-state index in [1.807, 2.05) is 61.5 Å². The molecule has 34 heavy (non-hydrogen) atoms. The fourth-order valence-electron chi connectivity index (χ4n) is 4.20. The molecule has 2 aromatic heterocycles. The van der Waals surface area contributed by atoms with Gasteiger partial charge in [-0.3, -0.25) is 9.59 Å². The Morgan fingerprint density at radius 1 is 0.853 bits per heavy atom. The zero-order valence-electron chi connectivity index (χ0n) is 19.0. The number of rotatable bonds is 5. The Morgan fingerprint density at radius 3 is 2.24 bits per heavy atom. The van der Waals surface area contributed by atoms with E-state index < -0.39 is 0 Å². The van der Waals surface area contributed by atoms with Gasteiger partial charge in [0.15, 0.2) is 5.82 Å². The average Bonchev–Trinajstić information content (AvgIpc) is 3.28. The van der Waals surface area contributed by atoms with Crippen molar-refractivity contribution < 1.29 is 4.79 Å². The number of amides is 1. The molecule has 0 radical (unpaired) electrons. The second-order valence-corrected chi connectivity index (χ2v) is 8.34. The van der Waals surface area contributed by atoms with Gasteiger partial charge in [-0.1, -0.05) is 48.5 Å². The quantitative estimate of drug-likeness (QED) is 0.464. The van der Waals surface area contributed by atoms with Crippen LogP contribution in [0.1, 0.15) is 5.69 Å². The number of aromatic nitrogens is 4. The summed E-state index contributed by atoms with van der Waals surface area (Å²) in [5, 5.41) is 9.12. The molecule has 0 bridgehead atoms. The maximum atomic E-state index is 13.0. The molecule has 1 fully saturated rings. The highest BCUT2D eigenvalue weighted by Gasteiger charge is 2.22. The smallest absolute Gasteiger partial charge is 0.267 e. The standard InChI is InChI=1S/C26H26N6O2/c1-20-18-23(21-8-4-2-5-9-21)27-32(20)24-12-13-25(33)31(28-24)19-26(34)30-16-14-29(15-17-30)22-10-6-3-7-11-22/h2-13,18H,14-17,19H2,1H3. The van der Waals surface area contributed by atoms with E-state index in [0.717, 1.165) is 35.7 Å². The molecule has 5 rings (SSSR count). The van der Waals surface area contributed by atoms with Crippen LogP contribution in [0.4, 0.5) is 5.69 Å². The van der Waals surface area contributed by atoms with Gasteiger partial charge in [-0.05, 0) is 31.2 Å². The maximum absolute atomic E-state index is 13.0. The van der Waals surface area contributed by atoms with E-state index in [4.69, 9.17) is 0 Å². The molecule has 0 atom stereocenters. The van der Waals surface area contributed by atoms with Crippen LogP contribution >= 0.6 is 0 Å². The second kappa shape index (κ2) is 9.35. The molecule has 0 aliphatic carbocycles. The molecule has 1 aliphatic heterocycles. The van der Waals surface area contributed by atoms with E-state index in [1.54, 1.807) is 15.6 Å². The summed E-state index contributed by atoms with van der Waals surface area (Å²) < 4.78 is 2.92. The monoisotopic (exact) mass is 454 g/mol. The van der Waals surface area contributed by atoms with Crippen LogP contribution in [0.15, 0.2) is 83.7 Å². The third-order valence-corrected chi connectivity index (χ3v) is 6.07. The number of hydrogen-bond donors (Lipinski definition) is 0. The Balaban J connectivity index is 1.30. The average molecular weight is 455 g/mol. The summed E-state index contributed by atoms with van der Waals surface area (Å²) in [6.07, 6.45) is 0. The van der Waals surface area contributed by atoms with E-state index in [2.05, 4.69) is 27.2 Å². The van der Waals surface area contributed by atoms with Gasteiger partial charge in [0.05, 0.1) is 5.69 Å². The first kappa shape index (κ1) is 21.6. The number of para-hydroxylation sites is 1. The van der Waals surface area contributed by atoms with Crippen molar-refractivity contribution in [3.63, 3.8) is 0 Å². The Labute approximate surface area is 197 Å². The third-order valence-electron chi connectivity index (χ3n) is 6.07. The molecule has 1 saturated heterocycles. The van der Waals surface area contributed by atoms with Gasteiger partial charge >= 0.3 is 0 Å². The Bertz CT molecular complexity index is 1340. The van der Waals surface area contributed by atoms with Crippen LogP contribution in [0.25, 0.3) is 17.1 Å². The minimum absolute atomic E-state index is 0.0934. The number of hydrogen-bond acceptors (Lipinski definition) is 5. The molecule has 0 N–H and O–H groups in total. The van der Waals surface area contributed by atoms with Crippen LogP contribution in [-0.2, 0) is 11.3 Å². The molecule has 1 amide bonds. The lowest BCUT2D eigenvalue weighted by Crippen LogP contribution is -2.50. The first-order chi connectivity index (χ1) is 16.6. The number of aryl methyl sites for hydroxylation is 1. The van der Waals surface area contributed by atoms with Gasteiger partial charge in [0, 0.05) is 49.2 Å². The lowest BCUT2D eigenvalue weighted by atomic mass is 10.1. The van der Waals surface area contributed by atoms with Gasteiger partial charge in [-0.2, -0.15) is 5.10 Å². The lowest BCUT2D eigenvalue weighted by molar-refractivity contribution is -0.132. The summed E-state index contributed by atoms with van der Waals surface area (Å²) in [7, 11) is 0. The van der Waals surface area contributed by atoms with Crippen LogP contribution in [0.5, 0.6) is 0 Å². The highest BCUT2D eigenvalue weighted by Crippen LogP contribution is 2.20. The molecule has 1 aliphatic rings. The Kier molecular flexibility index (Phi) is 5.95. The van der Waals surface area contributed by atoms with Crippen molar-refractivity contribution in [3.8, 4) is 17.1 Å². The molecule has 0 saturated carbocycles. The lowest BCUT2D eigenvalue weighted by Gasteiger charge is -2.36. The van der Waals surface area contributed by atoms with Crippen molar-refractivity contribution in [2.24, 2.45) is 0 Å². The van der Waals surface area contributed by atoms with Crippen LogP contribution in [0.2, 0.25) is 0 Å². The summed E-state index contributed by atoms with van der Waals surface area (Å²) in [6, 6.07) is 25.1. The number of piperazine rings is 1. The fourth-order valence-corrected chi connectivity index (χ4v) is 4.20. The van der Waals surface area contributed by atoms with E-state index in [0.29, 0.717) is 18.9 Å². The summed E-state index contributed by atoms with van der Waals surface area (Å²) in [5.41, 5.74) is 3.56. The van der Waals surface area contributed by atoms with Gasteiger partial charge in [0.2, 0.25) is 5.91 Å². The number of nitrogens with zero attached hydrogens (tertiary/aromatic N) is 6. The molecule has 0 spiro atoms. The summed E-state index contributed by atoms with van der Waals surface area (Å²) in [6.45, 7) is 4.58. The minimum atomic E-state index is -0.312. The third kappa shape index (κ3) is 4.47. The van der Waals surface area contributed by atoms with Crippen molar-refractivity contribution >= 4 is 11.6 Å². The molecular formula is C26H26N6O2. The minimum Gasteiger partial charge on any atom is -0.368 e. The van der Waals surface area contributed by atoms with E-state index in [9.17, 15) is 9.59 Å². The topological polar surface area (TPSA) is 76.3 Å². The molecule has 172 valence electrons. The Hall–Kier alpha value is -4.20. The van der Waals surface area contributed by atoms with Crippen molar-refractivity contribution in [1.82, 2.24) is 24.5 Å². The molecule has 3 heterocycles. The molecular weight excluding hydrogens is 428 g/mol. The number of benzene rings is 2. The molecule has 4 aromatic rings. The summed E-state index contributed by atoms with van der Waals surface area (Å²) in [5.74, 6) is 0.391. The van der Waals surface area contributed by atoms with Crippen LogP contribution in [0.3, 0.4) is 0 Å². The van der Waals surface area contributed by atoms with E-state index in [-0.39, 0.29) is 18.0 Å². The zero-order chi connectivity index (χ0) is 23.5. The van der Waals surface area contributed by atoms with Crippen molar-refractivity contribution in [2.45, 2.75) is 13.5 Å². The van der Waals surface area contributed by atoms with Gasteiger partial charge < -0.3 is 9.80 Å². The fraction of sp³-hybridized carbons (Fsp3) is 0.231. The van der Waals surface area contributed by atoms with E-state index in [1.165, 1.54) is 10.7 Å². The van der Waals surface area contributed by atoms with Gasteiger partial charge in [0.1, 0.15) is 6.54 Å². The largest absolute Gasteiger partial charge is 0.368 e. The van der Waals surface area contributed by atoms with E-state index >= 15 is 0 Å². The highest BCUT2D eigenvalue weighted by molar-refractivity contribution is 5.76. The second-order valence-electron chi connectivity index (χ2n) is 8.34. The normalized spacial score (nSPS) is 13.8. The summed E-state index contributed by atoms with van der Waals surface area (Å²) in [4.78, 5) is 29.5. The SMILES string of the molecule is Cc1cc(-c2ccccc2)nn1-c1ccc(=O)n(CC(=O)N2CCN(c3ccccc3)CC2)n1.